The molecule has 2 heterocycles. The molecular weight excluding hydrogens is 532 g/mol. The first kappa shape index (κ1) is 23.8. The molecule has 1 saturated heterocycles. The highest BCUT2D eigenvalue weighted by atomic mass is 79.9. The van der Waals surface area contributed by atoms with Gasteiger partial charge in [-0.3, -0.25) is 4.90 Å². The largest absolute Gasteiger partial charge is 0.457 e. The van der Waals surface area contributed by atoms with E-state index in [1.165, 1.54) is 4.31 Å². The number of ether oxygens (including phenoxy) is 2. The Kier molecular flexibility index (Phi) is 6.57. The molecule has 5 rings (SSSR count). The predicted octanol–water partition coefficient (Wildman–Crippen LogP) is 5.86. The maximum atomic E-state index is 13.3. The van der Waals surface area contributed by atoms with Gasteiger partial charge in [-0.05, 0) is 74.4 Å². The summed E-state index contributed by atoms with van der Waals surface area (Å²) in [6, 6.07) is 19.7. The Morgan fingerprint density at radius 3 is 2.23 bits per heavy atom. The highest BCUT2D eigenvalue weighted by Gasteiger charge is 2.37. The Morgan fingerprint density at radius 2 is 1.57 bits per heavy atom. The third-order valence-electron chi connectivity index (χ3n) is 6.34. The lowest BCUT2D eigenvalue weighted by molar-refractivity contribution is 0.135. The van der Waals surface area contributed by atoms with Crippen LogP contribution in [0.1, 0.15) is 24.0 Å². The fraction of sp³-hybridized carbons (Fsp3) is 0.269. The lowest BCUT2D eigenvalue weighted by atomic mass is 10.0. The van der Waals surface area contributed by atoms with Crippen molar-refractivity contribution in [3.63, 3.8) is 0 Å². The van der Waals surface area contributed by atoms with Crippen LogP contribution in [-0.2, 0) is 21.4 Å². The summed E-state index contributed by atoms with van der Waals surface area (Å²) in [5.41, 5.74) is 2.94. The summed E-state index contributed by atoms with van der Waals surface area (Å²) in [5, 5.41) is 0. The summed E-state index contributed by atoms with van der Waals surface area (Å²) in [6.07, 6.45) is 0.697. The van der Waals surface area contributed by atoms with Crippen molar-refractivity contribution in [3.05, 3.63) is 82.3 Å². The number of carbonyl (C=O) groups excluding carboxylic acids is 1. The van der Waals surface area contributed by atoms with Gasteiger partial charge in [0.05, 0.1) is 10.6 Å². The summed E-state index contributed by atoms with van der Waals surface area (Å²) in [5.74, 6) is 1.22. The van der Waals surface area contributed by atoms with E-state index in [0.717, 1.165) is 21.3 Å². The first-order chi connectivity index (χ1) is 16.8. The van der Waals surface area contributed by atoms with Gasteiger partial charge in [0, 0.05) is 29.2 Å². The Bertz CT molecular complexity index is 1340. The molecule has 0 radical (unpaired) electrons. The summed E-state index contributed by atoms with van der Waals surface area (Å²) in [4.78, 5) is 14.5. The van der Waals surface area contributed by atoms with Crippen LogP contribution < -0.4 is 9.64 Å². The summed E-state index contributed by atoms with van der Waals surface area (Å²) < 4.78 is 40.1. The molecule has 9 heteroatoms. The SMILES string of the molecule is Cc1ccc2c(c1)COC(=O)N2C1CCN(S(=O)(=O)c2ccc(Oc3ccc(Br)cc3)cc2)CC1. The van der Waals surface area contributed by atoms with Crippen molar-refractivity contribution >= 4 is 37.7 Å². The monoisotopic (exact) mass is 556 g/mol. The van der Waals surface area contributed by atoms with Crippen molar-refractivity contribution in [2.45, 2.75) is 37.3 Å². The Labute approximate surface area is 213 Å². The van der Waals surface area contributed by atoms with Crippen LogP contribution in [0.5, 0.6) is 11.5 Å². The predicted molar refractivity (Wildman–Crippen MR) is 136 cm³/mol. The van der Waals surface area contributed by atoms with Gasteiger partial charge in [-0.1, -0.05) is 33.6 Å². The van der Waals surface area contributed by atoms with Crippen LogP contribution in [0.15, 0.2) is 76.1 Å². The second-order valence-corrected chi connectivity index (χ2v) is 11.6. The fourth-order valence-corrected chi connectivity index (χ4v) is 6.26. The number of aryl methyl sites for hydroxylation is 1. The number of benzene rings is 3. The molecule has 0 atom stereocenters. The van der Waals surface area contributed by atoms with Gasteiger partial charge in [0.1, 0.15) is 18.1 Å². The van der Waals surface area contributed by atoms with E-state index < -0.39 is 10.0 Å². The van der Waals surface area contributed by atoms with Crippen molar-refractivity contribution in [2.24, 2.45) is 0 Å². The number of amides is 1. The third kappa shape index (κ3) is 4.94. The van der Waals surface area contributed by atoms with E-state index in [1.54, 1.807) is 29.2 Å². The van der Waals surface area contributed by atoms with Crippen molar-refractivity contribution < 1.29 is 22.7 Å². The van der Waals surface area contributed by atoms with Crippen LogP contribution >= 0.6 is 15.9 Å². The van der Waals surface area contributed by atoms with Crippen molar-refractivity contribution in [2.75, 3.05) is 18.0 Å². The van der Waals surface area contributed by atoms with Crippen LogP contribution in [0, 0.1) is 6.92 Å². The first-order valence-electron chi connectivity index (χ1n) is 11.4. The Hall–Kier alpha value is -2.88. The molecule has 0 aromatic heterocycles. The molecule has 7 nitrogen and oxygen atoms in total. The number of piperidine rings is 1. The summed E-state index contributed by atoms with van der Waals surface area (Å²) in [7, 11) is -3.65. The number of cyclic esters (lactones) is 1. The standard InChI is InChI=1S/C26H25BrN2O5S/c1-18-2-11-25-19(16-18)17-33-26(30)29(25)21-12-14-28(15-13-21)35(31,32)24-9-7-23(8-10-24)34-22-5-3-20(27)4-6-22/h2-11,16,21H,12-15,17H2,1H3. The molecule has 3 aromatic carbocycles. The van der Waals surface area contributed by atoms with Gasteiger partial charge in [0.2, 0.25) is 10.0 Å². The van der Waals surface area contributed by atoms with E-state index in [2.05, 4.69) is 15.9 Å². The van der Waals surface area contributed by atoms with Crippen molar-refractivity contribution in [3.8, 4) is 11.5 Å². The van der Waals surface area contributed by atoms with E-state index in [9.17, 15) is 13.2 Å². The Balaban J connectivity index is 1.26. The molecular formula is C26H25BrN2O5S. The molecule has 0 unspecified atom stereocenters. The first-order valence-corrected chi connectivity index (χ1v) is 13.6. The number of halogens is 1. The smallest absolute Gasteiger partial charge is 0.414 e. The lowest BCUT2D eigenvalue weighted by Gasteiger charge is -2.39. The van der Waals surface area contributed by atoms with Crippen molar-refractivity contribution in [1.82, 2.24) is 4.31 Å². The number of hydrogen-bond acceptors (Lipinski definition) is 5. The minimum absolute atomic E-state index is 0.114. The molecule has 35 heavy (non-hydrogen) atoms. The van der Waals surface area contributed by atoms with Crippen LogP contribution in [-0.4, -0.2) is 37.9 Å². The van der Waals surface area contributed by atoms with Crippen LogP contribution in [0.25, 0.3) is 0 Å². The van der Waals surface area contributed by atoms with Crippen LogP contribution in [0.4, 0.5) is 10.5 Å². The molecule has 0 bridgehead atoms. The third-order valence-corrected chi connectivity index (χ3v) is 8.78. The number of fused-ring (bicyclic) bond motifs is 1. The number of hydrogen-bond donors (Lipinski definition) is 0. The molecule has 3 aromatic rings. The van der Waals surface area contributed by atoms with Gasteiger partial charge in [-0.2, -0.15) is 4.31 Å². The maximum absolute atomic E-state index is 13.3. The zero-order chi connectivity index (χ0) is 24.6. The van der Waals surface area contributed by atoms with Crippen LogP contribution in [0.2, 0.25) is 0 Å². The second-order valence-electron chi connectivity index (χ2n) is 8.72. The topological polar surface area (TPSA) is 76.2 Å². The van der Waals surface area contributed by atoms with Gasteiger partial charge in [-0.25, -0.2) is 13.2 Å². The number of sulfonamides is 1. The lowest BCUT2D eigenvalue weighted by Crippen LogP contribution is -2.50. The number of carbonyl (C=O) groups is 1. The zero-order valence-electron chi connectivity index (χ0n) is 19.2. The average Bonchev–Trinajstić information content (AvgIpc) is 2.86. The van der Waals surface area contributed by atoms with E-state index >= 15 is 0 Å². The molecule has 1 amide bonds. The average molecular weight is 557 g/mol. The van der Waals surface area contributed by atoms with Crippen LogP contribution in [0.3, 0.4) is 0 Å². The molecule has 0 spiro atoms. The zero-order valence-corrected chi connectivity index (χ0v) is 21.6. The molecule has 2 aliphatic rings. The van der Waals surface area contributed by atoms with E-state index in [4.69, 9.17) is 9.47 Å². The number of nitrogens with zero attached hydrogens (tertiary/aromatic N) is 2. The van der Waals surface area contributed by atoms with E-state index in [-0.39, 0.29) is 23.6 Å². The van der Waals surface area contributed by atoms with Gasteiger partial charge in [-0.15, -0.1) is 0 Å². The Morgan fingerprint density at radius 1 is 0.943 bits per heavy atom. The molecule has 182 valence electrons. The van der Waals surface area contributed by atoms with E-state index in [1.807, 2.05) is 49.4 Å². The minimum atomic E-state index is -3.65. The molecule has 0 N–H and O–H groups in total. The number of rotatable bonds is 5. The van der Waals surface area contributed by atoms with Gasteiger partial charge in [0.25, 0.3) is 0 Å². The maximum Gasteiger partial charge on any atom is 0.414 e. The van der Waals surface area contributed by atoms with Gasteiger partial charge >= 0.3 is 6.09 Å². The summed E-state index contributed by atoms with van der Waals surface area (Å²) >= 11 is 3.39. The van der Waals surface area contributed by atoms with Gasteiger partial charge in [0.15, 0.2) is 0 Å². The van der Waals surface area contributed by atoms with Gasteiger partial charge < -0.3 is 9.47 Å². The summed E-state index contributed by atoms with van der Waals surface area (Å²) in [6.45, 7) is 2.93. The molecule has 1 fully saturated rings. The van der Waals surface area contributed by atoms with Crippen molar-refractivity contribution in [1.29, 1.82) is 0 Å². The highest BCUT2D eigenvalue weighted by molar-refractivity contribution is 9.10. The normalized spacial score (nSPS) is 17.1. The number of anilines is 1. The molecule has 0 saturated carbocycles. The fourth-order valence-electron chi connectivity index (χ4n) is 4.53. The second kappa shape index (κ2) is 9.64. The molecule has 2 aliphatic heterocycles. The quantitative estimate of drug-likeness (QED) is 0.393. The molecule has 0 aliphatic carbocycles. The minimum Gasteiger partial charge on any atom is -0.457 e. The highest BCUT2D eigenvalue weighted by Crippen LogP contribution is 2.34. The van der Waals surface area contributed by atoms with E-state index in [0.29, 0.717) is 37.4 Å².